The molecule has 4 heteroatoms. The standard InChI is InChI=1S/C15H16N2OS/c18-14(16-12-8-4-5-9-12)13-10-19-15(17-13)11-6-2-1-3-7-11/h1-3,6-7,10,12H,4-5,8-9H2,(H,16,18). The number of nitrogens with one attached hydrogen (secondary N) is 1. The van der Waals surface area contributed by atoms with E-state index in [9.17, 15) is 4.79 Å². The number of aromatic nitrogens is 1. The quantitative estimate of drug-likeness (QED) is 0.929. The van der Waals surface area contributed by atoms with Gasteiger partial charge < -0.3 is 5.32 Å². The molecule has 1 aromatic heterocycles. The van der Waals surface area contributed by atoms with Crippen LogP contribution in [0.25, 0.3) is 10.6 Å². The number of carbonyl (C=O) groups excluding carboxylic acids is 1. The van der Waals surface area contributed by atoms with Crippen molar-refractivity contribution in [2.75, 3.05) is 0 Å². The van der Waals surface area contributed by atoms with E-state index in [0.29, 0.717) is 11.7 Å². The molecule has 0 radical (unpaired) electrons. The Balaban J connectivity index is 1.72. The van der Waals surface area contributed by atoms with Gasteiger partial charge in [-0.15, -0.1) is 11.3 Å². The second-order valence-corrected chi connectivity index (χ2v) is 5.72. The highest BCUT2D eigenvalue weighted by molar-refractivity contribution is 7.13. The summed E-state index contributed by atoms with van der Waals surface area (Å²) in [4.78, 5) is 16.5. The summed E-state index contributed by atoms with van der Waals surface area (Å²) in [5.74, 6) is -0.0367. The Labute approximate surface area is 116 Å². The van der Waals surface area contributed by atoms with Crippen molar-refractivity contribution in [3.8, 4) is 10.6 Å². The van der Waals surface area contributed by atoms with Crippen molar-refractivity contribution in [1.82, 2.24) is 10.3 Å². The third kappa shape index (κ3) is 2.84. The minimum absolute atomic E-state index is 0.0367. The van der Waals surface area contributed by atoms with E-state index in [0.717, 1.165) is 23.4 Å². The maximum absolute atomic E-state index is 12.1. The monoisotopic (exact) mass is 272 g/mol. The minimum atomic E-state index is -0.0367. The topological polar surface area (TPSA) is 42.0 Å². The molecule has 1 saturated carbocycles. The third-order valence-electron chi connectivity index (χ3n) is 3.45. The Morgan fingerprint density at radius 3 is 2.68 bits per heavy atom. The summed E-state index contributed by atoms with van der Waals surface area (Å²) in [5.41, 5.74) is 1.60. The average Bonchev–Trinajstić information content (AvgIpc) is 3.10. The van der Waals surface area contributed by atoms with Crippen LogP contribution < -0.4 is 5.32 Å². The predicted molar refractivity (Wildman–Crippen MR) is 77.3 cm³/mol. The van der Waals surface area contributed by atoms with Crippen LogP contribution in [0.2, 0.25) is 0 Å². The lowest BCUT2D eigenvalue weighted by Gasteiger charge is -2.09. The molecule has 1 heterocycles. The summed E-state index contributed by atoms with van der Waals surface area (Å²) in [5, 5.41) is 5.81. The number of amides is 1. The highest BCUT2D eigenvalue weighted by Crippen LogP contribution is 2.24. The molecule has 19 heavy (non-hydrogen) atoms. The van der Waals surface area contributed by atoms with E-state index >= 15 is 0 Å². The van der Waals surface area contributed by atoms with Crippen molar-refractivity contribution in [3.63, 3.8) is 0 Å². The largest absolute Gasteiger partial charge is 0.348 e. The van der Waals surface area contributed by atoms with E-state index in [1.165, 1.54) is 24.2 Å². The van der Waals surface area contributed by atoms with Crippen LogP contribution in [0.4, 0.5) is 0 Å². The zero-order valence-corrected chi connectivity index (χ0v) is 11.5. The van der Waals surface area contributed by atoms with Gasteiger partial charge in [0.2, 0.25) is 0 Å². The fraction of sp³-hybridized carbons (Fsp3) is 0.333. The fourth-order valence-electron chi connectivity index (χ4n) is 2.42. The first-order valence-corrected chi connectivity index (χ1v) is 7.53. The summed E-state index contributed by atoms with van der Waals surface area (Å²) in [7, 11) is 0. The van der Waals surface area contributed by atoms with Crippen LogP contribution in [0.15, 0.2) is 35.7 Å². The van der Waals surface area contributed by atoms with Crippen LogP contribution >= 0.6 is 11.3 Å². The molecule has 0 spiro atoms. The molecule has 0 unspecified atom stereocenters. The van der Waals surface area contributed by atoms with Crippen LogP contribution in [0, 0.1) is 0 Å². The van der Waals surface area contributed by atoms with E-state index in [2.05, 4.69) is 10.3 Å². The number of nitrogens with zero attached hydrogens (tertiary/aromatic N) is 1. The van der Waals surface area contributed by atoms with Gasteiger partial charge in [-0.05, 0) is 12.8 Å². The van der Waals surface area contributed by atoms with Crippen LogP contribution in [-0.2, 0) is 0 Å². The van der Waals surface area contributed by atoms with Crippen molar-refractivity contribution < 1.29 is 4.79 Å². The highest BCUT2D eigenvalue weighted by atomic mass is 32.1. The zero-order valence-electron chi connectivity index (χ0n) is 10.6. The second-order valence-electron chi connectivity index (χ2n) is 4.86. The lowest BCUT2D eigenvalue weighted by molar-refractivity contribution is 0.0933. The first-order chi connectivity index (χ1) is 9.33. The SMILES string of the molecule is O=C(NC1CCCC1)c1csc(-c2ccccc2)n1. The van der Waals surface area contributed by atoms with Crippen molar-refractivity contribution in [1.29, 1.82) is 0 Å². The first kappa shape index (κ1) is 12.4. The number of thiazole rings is 1. The van der Waals surface area contributed by atoms with E-state index < -0.39 is 0 Å². The smallest absolute Gasteiger partial charge is 0.270 e. The van der Waals surface area contributed by atoms with Crippen LogP contribution in [0.3, 0.4) is 0 Å². The average molecular weight is 272 g/mol. The van der Waals surface area contributed by atoms with Gasteiger partial charge >= 0.3 is 0 Å². The lowest BCUT2D eigenvalue weighted by Crippen LogP contribution is -2.32. The molecule has 1 aromatic carbocycles. The van der Waals surface area contributed by atoms with Crippen molar-refractivity contribution >= 4 is 17.2 Å². The molecule has 0 bridgehead atoms. The molecule has 0 saturated heterocycles. The van der Waals surface area contributed by atoms with Gasteiger partial charge in [-0.25, -0.2) is 4.98 Å². The number of benzene rings is 1. The number of hydrogen-bond acceptors (Lipinski definition) is 3. The molecule has 1 amide bonds. The molecular weight excluding hydrogens is 256 g/mol. The Kier molecular flexibility index (Phi) is 3.60. The van der Waals surface area contributed by atoms with Crippen LogP contribution in [0.5, 0.6) is 0 Å². The summed E-state index contributed by atoms with van der Waals surface area (Å²) in [6.45, 7) is 0. The van der Waals surface area contributed by atoms with Gasteiger partial charge in [-0.3, -0.25) is 4.79 Å². The van der Waals surface area contributed by atoms with E-state index in [-0.39, 0.29) is 5.91 Å². The Bertz CT molecular complexity index is 559. The summed E-state index contributed by atoms with van der Waals surface area (Å²) >= 11 is 1.52. The summed E-state index contributed by atoms with van der Waals surface area (Å²) in [6.07, 6.45) is 4.64. The van der Waals surface area contributed by atoms with E-state index in [1.807, 2.05) is 35.7 Å². The molecule has 1 N–H and O–H groups in total. The normalized spacial score (nSPS) is 15.6. The van der Waals surface area contributed by atoms with Gasteiger partial charge in [-0.1, -0.05) is 43.2 Å². The van der Waals surface area contributed by atoms with Gasteiger partial charge in [-0.2, -0.15) is 0 Å². The first-order valence-electron chi connectivity index (χ1n) is 6.65. The lowest BCUT2D eigenvalue weighted by atomic mass is 10.2. The minimum Gasteiger partial charge on any atom is -0.348 e. The van der Waals surface area contributed by atoms with Crippen LogP contribution in [0.1, 0.15) is 36.2 Å². The van der Waals surface area contributed by atoms with Crippen molar-refractivity contribution in [3.05, 3.63) is 41.4 Å². The molecule has 98 valence electrons. The zero-order chi connectivity index (χ0) is 13.1. The van der Waals surface area contributed by atoms with Gasteiger partial charge in [0.25, 0.3) is 5.91 Å². The Morgan fingerprint density at radius 2 is 1.95 bits per heavy atom. The van der Waals surface area contributed by atoms with E-state index in [1.54, 1.807) is 0 Å². The number of hydrogen-bond donors (Lipinski definition) is 1. The highest BCUT2D eigenvalue weighted by Gasteiger charge is 2.19. The molecule has 1 aliphatic rings. The summed E-state index contributed by atoms with van der Waals surface area (Å²) < 4.78 is 0. The fourth-order valence-corrected chi connectivity index (χ4v) is 3.23. The third-order valence-corrected chi connectivity index (χ3v) is 4.34. The molecule has 3 nitrogen and oxygen atoms in total. The molecular formula is C15H16N2OS. The van der Waals surface area contributed by atoms with Gasteiger partial charge in [0.1, 0.15) is 10.7 Å². The van der Waals surface area contributed by atoms with Gasteiger partial charge in [0, 0.05) is 17.0 Å². The van der Waals surface area contributed by atoms with Crippen LogP contribution in [-0.4, -0.2) is 16.9 Å². The second kappa shape index (κ2) is 5.53. The van der Waals surface area contributed by atoms with E-state index in [4.69, 9.17) is 0 Å². The molecule has 0 atom stereocenters. The molecule has 2 aromatic rings. The van der Waals surface area contributed by atoms with Gasteiger partial charge in [0.05, 0.1) is 0 Å². The molecule has 3 rings (SSSR count). The van der Waals surface area contributed by atoms with Gasteiger partial charge in [0.15, 0.2) is 0 Å². The maximum Gasteiger partial charge on any atom is 0.270 e. The number of carbonyl (C=O) groups is 1. The Hall–Kier alpha value is -1.68. The number of rotatable bonds is 3. The molecule has 1 aliphatic carbocycles. The molecule has 0 aliphatic heterocycles. The molecule has 1 fully saturated rings. The van der Waals surface area contributed by atoms with Crippen molar-refractivity contribution in [2.45, 2.75) is 31.7 Å². The van der Waals surface area contributed by atoms with Crippen molar-refractivity contribution in [2.24, 2.45) is 0 Å². The maximum atomic E-state index is 12.1. The Morgan fingerprint density at radius 1 is 1.21 bits per heavy atom. The summed E-state index contributed by atoms with van der Waals surface area (Å²) in [6, 6.07) is 10.3. The predicted octanol–water partition coefficient (Wildman–Crippen LogP) is 3.48.